The predicted octanol–water partition coefficient (Wildman–Crippen LogP) is 3.98. The molecule has 2 aromatic carbocycles. The van der Waals surface area contributed by atoms with Crippen molar-refractivity contribution in [3.05, 3.63) is 85.4 Å². The van der Waals surface area contributed by atoms with Crippen LogP contribution in [0, 0.1) is 19.3 Å². The largest absolute Gasteiger partial charge is 0.294 e. The van der Waals surface area contributed by atoms with Crippen molar-refractivity contribution in [3.8, 4) is 0 Å². The second kappa shape index (κ2) is 6.14. The van der Waals surface area contributed by atoms with E-state index in [0.717, 1.165) is 16.7 Å². The summed E-state index contributed by atoms with van der Waals surface area (Å²) in [6, 6.07) is 12.3. The minimum Gasteiger partial charge on any atom is -0.294 e. The summed E-state index contributed by atoms with van der Waals surface area (Å²) < 4.78 is 3.00. The lowest BCUT2D eigenvalue weighted by atomic mass is 9.74. The Morgan fingerprint density at radius 2 is 1.53 bits per heavy atom. The van der Waals surface area contributed by atoms with E-state index in [1.165, 1.54) is 9.36 Å². The van der Waals surface area contributed by atoms with E-state index in [9.17, 15) is 14.4 Å². The number of fused-ring (bicyclic) bond motifs is 3. The number of ketones is 1. The lowest BCUT2D eigenvalue weighted by Crippen LogP contribution is -2.37. The lowest BCUT2D eigenvalue weighted by molar-refractivity contribution is -0.118. The van der Waals surface area contributed by atoms with Gasteiger partial charge in [-0.1, -0.05) is 44.2 Å². The Hall–Kier alpha value is -3.21. The number of hydrogen-bond donors (Lipinski definition) is 0. The molecule has 30 heavy (non-hydrogen) atoms. The highest BCUT2D eigenvalue weighted by Crippen LogP contribution is 2.46. The van der Waals surface area contributed by atoms with E-state index in [2.05, 4.69) is 0 Å². The molecule has 0 spiro atoms. The molecule has 0 amide bonds. The van der Waals surface area contributed by atoms with Crippen molar-refractivity contribution in [2.45, 2.75) is 46.6 Å². The molecule has 152 valence electrons. The minimum atomic E-state index is -0.576. The van der Waals surface area contributed by atoms with Crippen LogP contribution < -0.4 is 11.1 Å². The Bertz CT molecular complexity index is 1400. The highest BCUT2D eigenvalue weighted by Gasteiger charge is 2.44. The zero-order valence-electron chi connectivity index (χ0n) is 17.7. The molecule has 1 aliphatic carbocycles. The SMILES string of the molecule is Cc1ccc(C2C3=C(CC(C)(C)CC3=O)n3c(=O)c4ccccc4c(=O)n32)cc1C. The number of carbonyl (C=O) groups excluding carboxylic acids is 1. The van der Waals surface area contributed by atoms with Crippen LogP contribution in [0.25, 0.3) is 16.5 Å². The zero-order chi connectivity index (χ0) is 21.4. The van der Waals surface area contributed by atoms with Gasteiger partial charge in [0, 0.05) is 12.0 Å². The van der Waals surface area contributed by atoms with E-state index in [-0.39, 0.29) is 22.3 Å². The summed E-state index contributed by atoms with van der Waals surface area (Å²) >= 11 is 0. The van der Waals surface area contributed by atoms with Crippen LogP contribution in [0.3, 0.4) is 0 Å². The lowest BCUT2D eigenvalue weighted by Gasteiger charge is -2.30. The standard InChI is InChI=1S/C25H24N2O3/c1-14-9-10-16(11-15(14)2)22-21-19(12-25(3,4)13-20(21)28)26-23(29)17-7-5-6-8-18(17)24(30)27(22)26/h5-11,22H,12-13H2,1-4H3. The molecule has 2 heterocycles. The van der Waals surface area contributed by atoms with Crippen LogP contribution in [0.5, 0.6) is 0 Å². The first-order valence-electron chi connectivity index (χ1n) is 10.3. The molecule has 1 aliphatic heterocycles. The molecule has 0 radical (unpaired) electrons. The van der Waals surface area contributed by atoms with Crippen LogP contribution in [-0.2, 0) is 4.79 Å². The van der Waals surface area contributed by atoms with Gasteiger partial charge in [-0.15, -0.1) is 0 Å². The summed E-state index contributed by atoms with van der Waals surface area (Å²) in [7, 11) is 0. The van der Waals surface area contributed by atoms with E-state index in [4.69, 9.17) is 0 Å². The summed E-state index contributed by atoms with van der Waals surface area (Å²) in [4.78, 5) is 40.4. The molecule has 0 saturated carbocycles. The van der Waals surface area contributed by atoms with E-state index in [1.54, 1.807) is 24.3 Å². The van der Waals surface area contributed by atoms with Gasteiger partial charge in [-0.3, -0.25) is 14.4 Å². The Morgan fingerprint density at radius 3 is 2.20 bits per heavy atom. The van der Waals surface area contributed by atoms with Gasteiger partial charge in [-0.05, 0) is 54.5 Å². The smallest absolute Gasteiger partial charge is 0.277 e. The molecule has 3 aromatic rings. The maximum Gasteiger partial charge on any atom is 0.277 e. The molecular weight excluding hydrogens is 376 g/mol. The molecule has 0 N–H and O–H groups in total. The van der Waals surface area contributed by atoms with Gasteiger partial charge in [-0.25, -0.2) is 9.36 Å². The molecule has 5 heteroatoms. The quantitative estimate of drug-likeness (QED) is 0.621. The van der Waals surface area contributed by atoms with E-state index in [0.29, 0.717) is 34.9 Å². The number of aryl methyl sites for hydroxylation is 2. The van der Waals surface area contributed by atoms with Crippen molar-refractivity contribution in [3.63, 3.8) is 0 Å². The number of Topliss-reactive ketones (excluding diaryl/α,β-unsaturated/α-hetero) is 1. The van der Waals surface area contributed by atoms with Gasteiger partial charge in [-0.2, -0.15) is 0 Å². The predicted molar refractivity (Wildman–Crippen MR) is 118 cm³/mol. The van der Waals surface area contributed by atoms with Gasteiger partial charge in [0.05, 0.1) is 16.5 Å². The third-order valence-corrected chi connectivity index (χ3v) is 6.52. The summed E-state index contributed by atoms with van der Waals surface area (Å²) in [6.07, 6.45) is 0.983. The van der Waals surface area contributed by atoms with Gasteiger partial charge in [0.2, 0.25) is 0 Å². The van der Waals surface area contributed by atoms with Crippen molar-refractivity contribution in [1.82, 2.24) is 9.36 Å². The summed E-state index contributed by atoms with van der Waals surface area (Å²) in [5.41, 5.74) is 3.61. The van der Waals surface area contributed by atoms with Crippen LogP contribution in [-0.4, -0.2) is 15.1 Å². The number of hydrogen-bond acceptors (Lipinski definition) is 3. The zero-order valence-corrected chi connectivity index (χ0v) is 17.7. The number of rotatable bonds is 1. The number of allylic oxidation sites excluding steroid dienone is 2. The Balaban J connectivity index is 1.92. The molecule has 0 bridgehead atoms. The van der Waals surface area contributed by atoms with E-state index >= 15 is 0 Å². The fraction of sp³-hybridized carbons (Fsp3) is 0.320. The second-order valence-electron chi connectivity index (χ2n) is 9.36. The molecule has 5 nitrogen and oxygen atoms in total. The summed E-state index contributed by atoms with van der Waals surface area (Å²) in [6.45, 7) is 8.12. The maximum atomic E-state index is 13.6. The Kier molecular flexibility index (Phi) is 3.85. The maximum absolute atomic E-state index is 13.6. The van der Waals surface area contributed by atoms with Gasteiger partial charge in [0.25, 0.3) is 11.1 Å². The fourth-order valence-electron chi connectivity index (χ4n) is 4.93. The first-order valence-corrected chi connectivity index (χ1v) is 10.3. The molecule has 0 saturated heterocycles. The Labute approximate surface area is 174 Å². The number of carbonyl (C=O) groups is 1. The van der Waals surface area contributed by atoms with Gasteiger partial charge in [0.15, 0.2) is 5.78 Å². The molecule has 5 rings (SSSR count). The Morgan fingerprint density at radius 1 is 0.867 bits per heavy atom. The highest BCUT2D eigenvalue weighted by atomic mass is 16.2. The van der Waals surface area contributed by atoms with Crippen molar-refractivity contribution in [2.75, 3.05) is 0 Å². The average Bonchev–Trinajstić information content (AvgIpc) is 3.03. The van der Waals surface area contributed by atoms with Crippen LogP contribution in [0.1, 0.15) is 49.4 Å². The van der Waals surface area contributed by atoms with E-state index < -0.39 is 6.04 Å². The van der Waals surface area contributed by atoms with E-state index in [1.807, 2.05) is 45.9 Å². The van der Waals surface area contributed by atoms with Gasteiger partial charge in [0.1, 0.15) is 6.04 Å². The van der Waals surface area contributed by atoms with Crippen LogP contribution in [0.2, 0.25) is 0 Å². The third kappa shape index (κ3) is 2.51. The van der Waals surface area contributed by atoms with Crippen molar-refractivity contribution in [2.24, 2.45) is 5.41 Å². The van der Waals surface area contributed by atoms with Crippen LogP contribution >= 0.6 is 0 Å². The highest BCUT2D eigenvalue weighted by molar-refractivity contribution is 6.04. The van der Waals surface area contributed by atoms with Crippen LogP contribution in [0.15, 0.2) is 57.6 Å². The monoisotopic (exact) mass is 400 g/mol. The summed E-state index contributed by atoms with van der Waals surface area (Å²) in [5, 5.41) is 0.779. The topological polar surface area (TPSA) is 61.1 Å². The van der Waals surface area contributed by atoms with Gasteiger partial charge >= 0.3 is 0 Å². The molecule has 1 aromatic heterocycles. The molecule has 2 aliphatic rings. The minimum absolute atomic E-state index is 0.0172. The summed E-state index contributed by atoms with van der Waals surface area (Å²) in [5.74, 6) is 0.0172. The molecular formula is C25H24N2O3. The normalized spacial score (nSPS) is 19.9. The number of benzene rings is 2. The first kappa shape index (κ1) is 18.8. The average molecular weight is 400 g/mol. The second-order valence-corrected chi connectivity index (χ2v) is 9.36. The fourth-order valence-corrected chi connectivity index (χ4v) is 4.93. The van der Waals surface area contributed by atoms with Crippen molar-refractivity contribution >= 4 is 22.3 Å². The van der Waals surface area contributed by atoms with Crippen LogP contribution in [0.4, 0.5) is 0 Å². The number of nitrogens with zero attached hydrogens (tertiary/aromatic N) is 2. The molecule has 0 fully saturated rings. The third-order valence-electron chi connectivity index (χ3n) is 6.52. The molecule has 1 unspecified atom stereocenters. The number of aromatic nitrogens is 2. The first-order chi connectivity index (χ1) is 14.2. The van der Waals surface area contributed by atoms with Crippen molar-refractivity contribution in [1.29, 1.82) is 0 Å². The molecule has 1 atom stereocenters. The van der Waals surface area contributed by atoms with Gasteiger partial charge < -0.3 is 0 Å². The van der Waals surface area contributed by atoms with Crippen molar-refractivity contribution < 1.29 is 4.79 Å².